The first kappa shape index (κ1) is 19.1. The van der Waals surface area contributed by atoms with Gasteiger partial charge in [0.25, 0.3) is 5.91 Å². The Balaban J connectivity index is 1.66. The van der Waals surface area contributed by atoms with Crippen LogP contribution in [0, 0.1) is 0 Å². The average Bonchev–Trinajstić information content (AvgIpc) is 3.19. The highest BCUT2D eigenvalue weighted by atomic mass is 32.1. The first-order valence-electron chi connectivity index (χ1n) is 9.37. The molecule has 1 aromatic heterocycles. The smallest absolute Gasteiger partial charge is 0.326 e. The van der Waals surface area contributed by atoms with Crippen molar-refractivity contribution >= 4 is 28.9 Å². The van der Waals surface area contributed by atoms with Crippen LogP contribution in [0.5, 0.6) is 5.75 Å². The van der Waals surface area contributed by atoms with Crippen molar-refractivity contribution in [3.63, 3.8) is 0 Å². The molecular weight excluding hydrogens is 388 g/mol. The van der Waals surface area contributed by atoms with Gasteiger partial charge in [-0.15, -0.1) is 11.3 Å². The van der Waals surface area contributed by atoms with Gasteiger partial charge in [-0.1, -0.05) is 37.3 Å². The highest BCUT2D eigenvalue weighted by Crippen LogP contribution is 2.38. The molecular formula is C22H20N2O4S. The van der Waals surface area contributed by atoms with Gasteiger partial charge in [0.15, 0.2) is 6.61 Å². The van der Waals surface area contributed by atoms with Gasteiger partial charge in [0.2, 0.25) is 0 Å². The van der Waals surface area contributed by atoms with Gasteiger partial charge in [-0.3, -0.25) is 9.69 Å². The molecule has 0 saturated heterocycles. The van der Waals surface area contributed by atoms with E-state index in [2.05, 4.69) is 12.1 Å². The minimum absolute atomic E-state index is 0.159. The lowest BCUT2D eigenvalue weighted by atomic mass is 10.1. The normalized spacial score (nSPS) is 14.2. The highest BCUT2D eigenvalue weighted by molar-refractivity contribution is 7.10. The van der Waals surface area contributed by atoms with E-state index >= 15 is 0 Å². The number of amides is 1. The van der Waals surface area contributed by atoms with Crippen LogP contribution >= 0.6 is 11.3 Å². The van der Waals surface area contributed by atoms with Crippen molar-refractivity contribution in [2.45, 2.75) is 25.8 Å². The Hall–Kier alpha value is -3.19. The van der Waals surface area contributed by atoms with Gasteiger partial charge in [0, 0.05) is 17.4 Å². The van der Waals surface area contributed by atoms with Crippen LogP contribution < -0.4 is 9.64 Å². The number of hydrogen-bond donors (Lipinski definition) is 1. The fourth-order valence-corrected chi connectivity index (χ4v) is 4.27. The summed E-state index contributed by atoms with van der Waals surface area (Å²) >= 11 is 1.58. The van der Waals surface area contributed by atoms with E-state index in [9.17, 15) is 14.7 Å². The summed E-state index contributed by atoms with van der Waals surface area (Å²) in [5.74, 6) is -0.877. The fourth-order valence-electron chi connectivity index (χ4n) is 3.43. The van der Waals surface area contributed by atoms with E-state index in [4.69, 9.17) is 9.72 Å². The molecule has 6 nitrogen and oxygen atoms in total. The van der Waals surface area contributed by atoms with Gasteiger partial charge in [-0.2, -0.15) is 0 Å². The van der Waals surface area contributed by atoms with E-state index in [1.165, 1.54) is 10.5 Å². The summed E-state index contributed by atoms with van der Waals surface area (Å²) < 4.78 is 5.51. The van der Waals surface area contributed by atoms with Crippen LogP contribution in [-0.4, -0.2) is 34.6 Å². The average molecular weight is 408 g/mol. The number of carboxylic acids is 1. The topological polar surface area (TPSA) is 79.7 Å². The first-order valence-corrected chi connectivity index (χ1v) is 10.2. The van der Waals surface area contributed by atoms with Crippen LogP contribution in [0.3, 0.4) is 0 Å². The zero-order chi connectivity index (χ0) is 20.4. The molecule has 2 aromatic carbocycles. The molecule has 2 heterocycles. The minimum atomic E-state index is -1.03. The number of benzene rings is 2. The molecule has 0 spiro atoms. The monoisotopic (exact) mass is 408 g/mol. The van der Waals surface area contributed by atoms with E-state index in [0.717, 1.165) is 22.7 Å². The van der Waals surface area contributed by atoms with Crippen molar-refractivity contribution in [3.8, 4) is 17.0 Å². The molecule has 1 aliphatic rings. The number of nitrogens with zero attached hydrogens (tertiary/aromatic N) is 2. The standard InChI is InChI=1S/C22H20N2O4S/c1-2-17(22(26)27)24-18-11-15(8-9-19(18)28-12-21(24)25)16-13-29-20(23-16)10-14-6-4-3-5-7-14/h3-9,11,13,17H,2,10,12H2,1H3,(H,26,27). The number of aliphatic carboxylic acids is 1. The molecule has 148 valence electrons. The SMILES string of the molecule is CCC(C(=O)O)N1C(=O)COc2ccc(-c3csc(Cc4ccccc4)n3)cc21. The van der Waals surface area contributed by atoms with Gasteiger partial charge in [0.1, 0.15) is 11.8 Å². The molecule has 0 saturated carbocycles. The minimum Gasteiger partial charge on any atom is -0.482 e. The molecule has 3 aromatic rings. The Morgan fingerprint density at radius 1 is 1.28 bits per heavy atom. The van der Waals surface area contributed by atoms with Crippen LogP contribution in [0.2, 0.25) is 0 Å². The number of aromatic nitrogens is 1. The van der Waals surface area contributed by atoms with E-state index in [1.54, 1.807) is 30.4 Å². The van der Waals surface area contributed by atoms with Crippen molar-refractivity contribution in [1.29, 1.82) is 0 Å². The molecule has 0 fully saturated rings. The summed E-state index contributed by atoms with van der Waals surface area (Å²) in [5.41, 5.74) is 3.29. The quantitative estimate of drug-likeness (QED) is 0.667. The van der Waals surface area contributed by atoms with Gasteiger partial charge in [-0.05, 0) is 30.2 Å². The van der Waals surface area contributed by atoms with Crippen molar-refractivity contribution in [2.24, 2.45) is 0 Å². The van der Waals surface area contributed by atoms with E-state index < -0.39 is 12.0 Å². The third-order valence-corrected chi connectivity index (χ3v) is 5.72. The zero-order valence-corrected chi connectivity index (χ0v) is 16.7. The third-order valence-electron chi connectivity index (χ3n) is 4.87. The van der Waals surface area contributed by atoms with E-state index in [-0.39, 0.29) is 12.5 Å². The Morgan fingerprint density at radius 2 is 2.07 bits per heavy atom. The fraction of sp³-hybridized carbons (Fsp3) is 0.227. The van der Waals surface area contributed by atoms with Crippen LogP contribution in [0.15, 0.2) is 53.9 Å². The molecule has 0 aliphatic carbocycles. The Morgan fingerprint density at radius 3 is 2.79 bits per heavy atom. The zero-order valence-electron chi connectivity index (χ0n) is 15.9. The van der Waals surface area contributed by atoms with Crippen LogP contribution in [0.25, 0.3) is 11.3 Å². The summed E-state index contributed by atoms with van der Waals surface area (Å²) in [7, 11) is 0. The number of ether oxygens (including phenoxy) is 1. The van der Waals surface area contributed by atoms with Crippen molar-refractivity contribution in [3.05, 3.63) is 64.5 Å². The van der Waals surface area contributed by atoms with Crippen LogP contribution in [-0.2, 0) is 16.0 Å². The molecule has 29 heavy (non-hydrogen) atoms. The highest BCUT2D eigenvalue weighted by Gasteiger charge is 2.35. The largest absolute Gasteiger partial charge is 0.482 e. The molecule has 4 rings (SSSR count). The van der Waals surface area contributed by atoms with Gasteiger partial charge >= 0.3 is 5.97 Å². The van der Waals surface area contributed by atoms with Crippen LogP contribution in [0.4, 0.5) is 5.69 Å². The maximum atomic E-state index is 12.4. The molecule has 1 amide bonds. The second kappa shape index (κ2) is 8.05. The molecule has 1 aliphatic heterocycles. The molecule has 7 heteroatoms. The number of anilines is 1. The van der Waals surface area contributed by atoms with Crippen molar-refractivity contribution in [1.82, 2.24) is 4.98 Å². The molecule has 0 radical (unpaired) electrons. The lowest BCUT2D eigenvalue weighted by Crippen LogP contribution is -2.49. The number of carbonyl (C=O) groups excluding carboxylic acids is 1. The molecule has 0 bridgehead atoms. The number of hydrogen-bond acceptors (Lipinski definition) is 5. The van der Waals surface area contributed by atoms with E-state index in [0.29, 0.717) is 17.9 Å². The maximum absolute atomic E-state index is 12.4. The first-order chi connectivity index (χ1) is 14.1. The third kappa shape index (κ3) is 3.86. The number of thiazole rings is 1. The van der Waals surface area contributed by atoms with Gasteiger partial charge in [0.05, 0.1) is 16.4 Å². The summed E-state index contributed by atoms with van der Waals surface area (Å²) in [4.78, 5) is 30.2. The summed E-state index contributed by atoms with van der Waals surface area (Å²) in [6.45, 7) is 1.59. The van der Waals surface area contributed by atoms with Gasteiger partial charge < -0.3 is 9.84 Å². The second-order valence-electron chi connectivity index (χ2n) is 6.79. The lowest BCUT2D eigenvalue weighted by molar-refractivity contribution is -0.140. The Bertz CT molecular complexity index is 1050. The predicted molar refractivity (Wildman–Crippen MR) is 111 cm³/mol. The maximum Gasteiger partial charge on any atom is 0.326 e. The molecule has 1 atom stereocenters. The molecule has 1 unspecified atom stereocenters. The summed E-state index contributed by atoms with van der Waals surface area (Å²) in [6, 6.07) is 14.7. The predicted octanol–water partition coefficient (Wildman–Crippen LogP) is 3.99. The Kier molecular flexibility index (Phi) is 5.31. The summed E-state index contributed by atoms with van der Waals surface area (Å²) in [6.07, 6.45) is 1.06. The summed E-state index contributed by atoms with van der Waals surface area (Å²) in [5, 5.41) is 12.5. The number of rotatable bonds is 6. The van der Waals surface area contributed by atoms with E-state index in [1.807, 2.05) is 29.6 Å². The van der Waals surface area contributed by atoms with Gasteiger partial charge in [-0.25, -0.2) is 9.78 Å². The Labute approximate surface area is 172 Å². The van der Waals surface area contributed by atoms with Crippen molar-refractivity contribution < 1.29 is 19.4 Å². The number of fused-ring (bicyclic) bond motifs is 1. The van der Waals surface area contributed by atoms with Crippen LogP contribution in [0.1, 0.15) is 23.9 Å². The lowest BCUT2D eigenvalue weighted by Gasteiger charge is -2.33. The van der Waals surface area contributed by atoms with Crippen molar-refractivity contribution in [2.75, 3.05) is 11.5 Å². The number of carboxylic acid groups (broad SMARTS) is 1. The molecule has 1 N–H and O–H groups in total. The number of carbonyl (C=O) groups is 2. The second-order valence-corrected chi connectivity index (χ2v) is 7.73.